The van der Waals surface area contributed by atoms with Crippen LogP contribution in [-0.2, 0) is 0 Å². The number of rotatable bonds is 2. The van der Waals surface area contributed by atoms with E-state index in [9.17, 15) is 4.79 Å². The van der Waals surface area contributed by atoms with Gasteiger partial charge in [0, 0.05) is 28.5 Å². The Labute approximate surface area is 103 Å². The summed E-state index contributed by atoms with van der Waals surface area (Å²) in [5.74, 6) is -0.157. The number of aromatic nitrogens is 1. The SMILES string of the molecule is O=C(c1cccc(Cl)c1)c1ccncc1Cl. The van der Waals surface area contributed by atoms with Crippen molar-refractivity contribution in [2.75, 3.05) is 0 Å². The van der Waals surface area contributed by atoms with Crippen molar-refractivity contribution in [3.63, 3.8) is 0 Å². The minimum atomic E-state index is -0.157. The molecule has 0 aliphatic heterocycles. The van der Waals surface area contributed by atoms with E-state index >= 15 is 0 Å². The Hall–Kier alpha value is -1.38. The molecule has 16 heavy (non-hydrogen) atoms. The first-order valence-corrected chi connectivity index (χ1v) is 5.34. The zero-order valence-electron chi connectivity index (χ0n) is 8.15. The van der Waals surface area contributed by atoms with Crippen molar-refractivity contribution in [2.24, 2.45) is 0 Å². The maximum atomic E-state index is 12.0. The molecule has 0 unspecified atom stereocenters. The van der Waals surface area contributed by atoms with Crippen LogP contribution in [0, 0.1) is 0 Å². The van der Waals surface area contributed by atoms with Gasteiger partial charge in [0.25, 0.3) is 0 Å². The Morgan fingerprint density at radius 1 is 1.19 bits per heavy atom. The first-order chi connectivity index (χ1) is 7.68. The first-order valence-electron chi connectivity index (χ1n) is 4.58. The summed E-state index contributed by atoms with van der Waals surface area (Å²) in [6.07, 6.45) is 2.98. The van der Waals surface area contributed by atoms with E-state index in [1.807, 2.05) is 0 Å². The second-order valence-corrected chi connectivity index (χ2v) is 4.04. The number of nitrogens with zero attached hydrogens (tertiary/aromatic N) is 1. The summed E-state index contributed by atoms with van der Waals surface area (Å²) in [5.41, 5.74) is 0.944. The largest absolute Gasteiger partial charge is 0.289 e. The molecule has 0 saturated carbocycles. The number of benzene rings is 1. The van der Waals surface area contributed by atoms with Crippen LogP contribution in [0.15, 0.2) is 42.7 Å². The van der Waals surface area contributed by atoms with Gasteiger partial charge < -0.3 is 0 Å². The Morgan fingerprint density at radius 2 is 2.00 bits per heavy atom. The van der Waals surface area contributed by atoms with Gasteiger partial charge in [-0.2, -0.15) is 0 Å². The van der Waals surface area contributed by atoms with Gasteiger partial charge in [-0.3, -0.25) is 9.78 Å². The van der Waals surface area contributed by atoms with Gasteiger partial charge in [-0.25, -0.2) is 0 Å². The molecule has 0 aliphatic rings. The van der Waals surface area contributed by atoms with E-state index in [1.54, 1.807) is 30.3 Å². The second kappa shape index (κ2) is 4.64. The fourth-order valence-electron chi connectivity index (χ4n) is 1.34. The van der Waals surface area contributed by atoms with Crippen molar-refractivity contribution in [3.8, 4) is 0 Å². The molecule has 2 rings (SSSR count). The summed E-state index contributed by atoms with van der Waals surface area (Å²) >= 11 is 11.7. The zero-order chi connectivity index (χ0) is 11.5. The van der Waals surface area contributed by atoms with Crippen molar-refractivity contribution in [1.29, 1.82) is 0 Å². The Morgan fingerprint density at radius 3 is 2.69 bits per heavy atom. The fraction of sp³-hybridized carbons (Fsp3) is 0. The summed E-state index contributed by atoms with van der Waals surface area (Å²) in [7, 11) is 0. The van der Waals surface area contributed by atoms with E-state index in [0.717, 1.165) is 0 Å². The Bertz CT molecular complexity index is 540. The number of pyridine rings is 1. The number of ketones is 1. The number of hydrogen-bond acceptors (Lipinski definition) is 2. The van der Waals surface area contributed by atoms with Crippen LogP contribution < -0.4 is 0 Å². The molecule has 0 atom stereocenters. The van der Waals surface area contributed by atoms with Crippen molar-refractivity contribution in [3.05, 3.63) is 63.9 Å². The van der Waals surface area contributed by atoms with Crippen LogP contribution in [0.5, 0.6) is 0 Å². The van der Waals surface area contributed by atoms with E-state index in [4.69, 9.17) is 23.2 Å². The lowest BCUT2D eigenvalue weighted by Crippen LogP contribution is -2.02. The molecule has 1 aromatic carbocycles. The predicted molar refractivity (Wildman–Crippen MR) is 64.1 cm³/mol. The molecule has 0 saturated heterocycles. The van der Waals surface area contributed by atoms with Crippen molar-refractivity contribution < 1.29 is 4.79 Å². The highest BCUT2D eigenvalue weighted by molar-refractivity contribution is 6.35. The molecule has 1 aromatic heterocycles. The smallest absolute Gasteiger partial charge is 0.194 e. The summed E-state index contributed by atoms with van der Waals surface area (Å²) in [5, 5.41) is 0.864. The zero-order valence-corrected chi connectivity index (χ0v) is 9.66. The molecule has 0 spiro atoms. The Balaban J connectivity index is 2.44. The van der Waals surface area contributed by atoms with Gasteiger partial charge in [0.2, 0.25) is 0 Å². The Kier molecular flexibility index (Phi) is 3.22. The van der Waals surface area contributed by atoms with E-state index in [2.05, 4.69) is 4.98 Å². The summed E-state index contributed by atoms with van der Waals surface area (Å²) in [6.45, 7) is 0. The molecule has 0 amide bonds. The van der Waals surface area contributed by atoms with Gasteiger partial charge in [-0.05, 0) is 18.2 Å². The van der Waals surface area contributed by atoms with E-state index < -0.39 is 0 Å². The number of carbonyl (C=O) groups excluding carboxylic acids is 1. The van der Waals surface area contributed by atoms with Crippen molar-refractivity contribution >= 4 is 29.0 Å². The molecule has 0 bridgehead atoms. The predicted octanol–water partition coefficient (Wildman–Crippen LogP) is 3.62. The summed E-state index contributed by atoms with van der Waals surface area (Å²) in [4.78, 5) is 15.9. The molecular formula is C12H7Cl2NO. The molecule has 1 heterocycles. The number of halogens is 2. The lowest BCUT2D eigenvalue weighted by atomic mass is 10.0. The van der Waals surface area contributed by atoms with Gasteiger partial charge >= 0.3 is 0 Å². The van der Waals surface area contributed by atoms with Gasteiger partial charge in [0.1, 0.15) is 0 Å². The van der Waals surface area contributed by atoms with Crippen LogP contribution in [-0.4, -0.2) is 10.8 Å². The van der Waals surface area contributed by atoms with Gasteiger partial charge in [-0.1, -0.05) is 35.3 Å². The van der Waals surface area contributed by atoms with Crippen LogP contribution in [0.3, 0.4) is 0 Å². The van der Waals surface area contributed by atoms with E-state index in [-0.39, 0.29) is 5.78 Å². The minimum Gasteiger partial charge on any atom is -0.289 e. The number of carbonyl (C=O) groups is 1. The van der Waals surface area contributed by atoms with E-state index in [1.165, 1.54) is 12.4 Å². The van der Waals surface area contributed by atoms with Crippen molar-refractivity contribution in [1.82, 2.24) is 4.98 Å². The van der Waals surface area contributed by atoms with Crippen LogP contribution >= 0.6 is 23.2 Å². The maximum absolute atomic E-state index is 12.0. The van der Waals surface area contributed by atoms with E-state index in [0.29, 0.717) is 21.2 Å². The van der Waals surface area contributed by atoms with Gasteiger partial charge in [-0.15, -0.1) is 0 Å². The molecule has 2 nitrogen and oxygen atoms in total. The lowest BCUT2D eigenvalue weighted by Gasteiger charge is -2.03. The van der Waals surface area contributed by atoms with Crippen LogP contribution in [0.25, 0.3) is 0 Å². The maximum Gasteiger partial charge on any atom is 0.194 e. The molecule has 0 N–H and O–H groups in total. The van der Waals surface area contributed by atoms with Crippen molar-refractivity contribution in [2.45, 2.75) is 0 Å². The van der Waals surface area contributed by atoms with Gasteiger partial charge in [0.05, 0.1) is 5.02 Å². The molecule has 0 fully saturated rings. The van der Waals surface area contributed by atoms with Crippen LogP contribution in [0.1, 0.15) is 15.9 Å². The lowest BCUT2D eigenvalue weighted by molar-refractivity contribution is 0.103. The third-order valence-electron chi connectivity index (χ3n) is 2.10. The molecule has 0 aliphatic carbocycles. The highest BCUT2D eigenvalue weighted by Crippen LogP contribution is 2.19. The minimum absolute atomic E-state index is 0.157. The molecule has 80 valence electrons. The highest BCUT2D eigenvalue weighted by atomic mass is 35.5. The van der Waals surface area contributed by atoms with Gasteiger partial charge in [0.15, 0.2) is 5.78 Å². The van der Waals surface area contributed by atoms with Crippen LogP contribution in [0.2, 0.25) is 10.0 Å². The molecule has 4 heteroatoms. The standard InChI is InChI=1S/C12H7Cl2NO/c13-9-3-1-2-8(6-9)12(16)10-4-5-15-7-11(10)14/h1-7H. The monoisotopic (exact) mass is 251 g/mol. The van der Waals surface area contributed by atoms with Crippen LogP contribution in [0.4, 0.5) is 0 Å². The fourth-order valence-corrected chi connectivity index (χ4v) is 1.74. The quantitative estimate of drug-likeness (QED) is 0.764. The number of hydrogen-bond donors (Lipinski definition) is 0. The highest BCUT2D eigenvalue weighted by Gasteiger charge is 2.12. The topological polar surface area (TPSA) is 30.0 Å². The molecule has 2 aromatic rings. The average molecular weight is 252 g/mol. The first kappa shape index (κ1) is 11.1. The molecular weight excluding hydrogens is 245 g/mol. The summed E-state index contributed by atoms with van der Waals surface area (Å²) < 4.78 is 0. The average Bonchev–Trinajstić information content (AvgIpc) is 2.29. The second-order valence-electron chi connectivity index (χ2n) is 3.19. The normalized spacial score (nSPS) is 10.1. The third kappa shape index (κ3) is 2.23. The summed E-state index contributed by atoms with van der Waals surface area (Å²) in [6, 6.07) is 8.34. The third-order valence-corrected chi connectivity index (χ3v) is 2.64. The molecule has 0 radical (unpaired) electrons.